The van der Waals surface area contributed by atoms with Crippen LogP contribution in [0.2, 0.25) is 0 Å². The van der Waals surface area contributed by atoms with Crippen molar-refractivity contribution in [1.29, 1.82) is 0 Å². The van der Waals surface area contributed by atoms with Gasteiger partial charge in [0.25, 0.3) is 0 Å². The average molecular weight is 211 g/mol. The van der Waals surface area contributed by atoms with E-state index in [0.717, 1.165) is 24.5 Å². The number of thiazole rings is 1. The van der Waals surface area contributed by atoms with Crippen LogP contribution in [0.4, 0.5) is 0 Å². The Morgan fingerprint density at radius 2 is 2.50 bits per heavy atom. The van der Waals surface area contributed by atoms with Crippen LogP contribution in [0, 0.1) is 6.92 Å². The number of nitrogens with zero attached hydrogens (tertiary/aromatic N) is 2. The van der Waals surface area contributed by atoms with Crippen LogP contribution in [0.3, 0.4) is 0 Å². The van der Waals surface area contributed by atoms with Crippen molar-refractivity contribution in [2.24, 2.45) is 5.73 Å². The molecule has 2 rings (SSSR count). The van der Waals surface area contributed by atoms with Gasteiger partial charge in [-0.2, -0.15) is 0 Å². The van der Waals surface area contributed by atoms with Gasteiger partial charge in [-0.15, -0.1) is 11.3 Å². The van der Waals surface area contributed by atoms with E-state index in [1.54, 1.807) is 11.3 Å². The lowest BCUT2D eigenvalue weighted by atomic mass is 10.2. The van der Waals surface area contributed by atoms with Crippen molar-refractivity contribution in [2.45, 2.75) is 38.9 Å². The van der Waals surface area contributed by atoms with E-state index in [4.69, 9.17) is 5.73 Å². The molecule has 1 aromatic heterocycles. The fourth-order valence-electron chi connectivity index (χ4n) is 1.93. The second-order valence-electron chi connectivity index (χ2n) is 4.01. The molecule has 1 fully saturated rings. The lowest BCUT2D eigenvalue weighted by molar-refractivity contribution is 0.254. The summed E-state index contributed by atoms with van der Waals surface area (Å²) in [6, 6.07) is 0.862. The normalized spacial score (nSPS) is 28.5. The summed E-state index contributed by atoms with van der Waals surface area (Å²) in [5.41, 5.74) is 5.97. The van der Waals surface area contributed by atoms with Crippen molar-refractivity contribution in [1.82, 2.24) is 9.88 Å². The fourth-order valence-corrected chi connectivity index (χ4v) is 2.75. The van der Waals surface area contributed by atoms with Crippen LogP contribution in [0.1, 0.15) is 23.2 Å². The van der Waals surface area contributed by atoms with Gasteiger partial charge < -0.3 is 5.73 Å². The Kier molecular flexibility index (Phi) is 2.85. The third-order valence-electron chi connectivity index (χ3n) is 2.97. The molecule has 0 amide bonds. The van der Waals surface area contributed by atoms with Crippen molar-refractivity contribution >= 4 is 11.3 Å². The molecule has 2 unspecified atom stereocenters. The predicted molar refractivity (Wildman–Crippen MR) is 59.3 cm³/mol. The molecule has 1 aliphatic rings. The predicted octanol–water partition coefficient (Wildman–Crippen LogP) is 1.37. The number of aromatic nitrogens is 1. The second kappa shape index (κ2) is 3.96. The molecule has 4 heteroatoms. The number of aryl methyl sites for hydroxylation is 1. The molecule has 3 nitrogen and oxygen atoms in total. The summed E-state index contributed by atoms with van der Waals surface area (Å²) >= 11 is 1.78. The molecule has 0 bridgehead atoms. The first-order valence-electron chi connectivity index (χ1n) is 5.08. The van der Waals surface area contributed by atoms with E-state index in [-0.39, 0.29) is 0 Å². The summed E-state index contributed by atoms with van der Waals surface area (Å²) in [5, 5.41) is 1.15. The number of likely N-dealkylation sites (tertiary alicyclic amines) is 1. The van der Waals surface area contributed by atoms with E-state index in [0.29, 0.717) is 12.1 Å². The topological polar surface area (TPSA) is 42.2 Å². The number of hydrogen-bond donors (Lipinski definition) is 1. The minimum atomic E-state index is 0.351. The summed E-state index contributed by atoms with van der Waals surface area (Å²) < 4.78 is 0. The number of nitrogens with two attached hydrogens (primary N) is 1. The van der Waals surface area contributed by atoms with Gasteiger partial charge in [-0.05, 0) is 20.3 Å². The van der Waals surface area contributed by atoms with Crippen LogP contribution in [-0.4, -0.2) is 28.5 Å². The largest absolute Gasteiger partial charge is 0.326 e. The van der Waals surface area contributed by atoms with Gasteiger partial charge in [-0.25, -0.2) is 4.98 Å². The Balaban J connectivity index is 1.98. The highest BCUT2D eigenvalue weighted by molar-refractivity contribution is 7.11. The van der Waals surface area contributed by atoms with Gasteiger partial charge in [-0.3, -0.25) is 4.90 Å². The average Bonchev–Trinajstić information content (AvgIpc) is 2.67. The third kappa shape index (κ3) is 1.97. The van der Waals surface area contributed by atoms with E-state index in [1.165, 1.54) is 4.88 Å². The molecule has 1 aromatic rings. The first kappa shape index (κ1) is 10.1. The van der Waals surface area contributed by atoms with Crippen LogP contribution in [-0.2, 0) is 6.54 Å². The summed E-state index contributed by atoms with van der Waals surface area (Å²) in [6.07, 6.45) is 3.11. The van der Waals surface area contributed by atoms with E-state index >= 15 is 0 Å². The maximum atomic E-state index is 5.97. The highest BCUT2D eigenvalue weighted by Gasteiger charge is 2.27. The number of rotatable bonds is 2. The van der Waals surface area contributed by atoms with Crippen LogP contribution in [0.25, 0.3) is 0 Å². The molecular formula is C10H17N3S. The van der Waals surface area contributed by atoms with Gasteiger partial charge in [0.15, 0.2) is 0 Å². The molecule has 1 aliphatic heterocycles. The molecule has 0 aliphatic carbocycles. The second-order valence-corrected chi connectivity index (χ2v) is 5.33. The molecule has 2 heterocycles. The zero-order valence-corrected chi connectivity index (χ0v) is 9.55. The van der Waals surface area contributed by atoms with Crippen molar-refractivity contribution in [3.8, 4) is 0 Å². The SMILES string of the molecule is Cc1ncc(CN2CCC(N)C2C)s1. The van der Waals surface area contributed by atoms with E-state index in [9.17, 15) is 0 Å². The fraction of sp³-hybridized carbons (Fsp3) is 0.700. The van der Waals surface area contributed by atoms with E-state index < -0.39 is 0 Å². The number of hydrogen-bond acceptors (Lipinski definition) is 4. The van der Waals surface area contributed by atoms with Crippen molar-refractivity contribution in [3.63, 3.8) is 0 Å². The maximum absolute atomic E-state index is 5.97. The minimum absolute atomic E-state index is 0.351. The van der Waals surface area contributed by atoms with Crippen molar-refractivity contribution in [2.75, 3.05) is 6.54 Å². The Bertz CT molecular complexity index is 310. The quantitative estimate of drug-likeness (QED) is 0.803. The van der Waals surface area contributed by atoms with E-state index in [2.05, 4.69) is 16.8 Å². The molecular weight excluding hydrogens is 194 g/mol. The summed E-state index contributed by atoms with van der Waals surface area (Å²) in [5.74, 6) is 0. The zero-order chi connectivity index (χ0) is 10.1. The van der Waals surface area contributed by atoms with Gasteiger partial charge in [0, 0.05) is 36.2 Å². The highest BCUT2D eigenvalue weighted by Crippen LogP contribution is 2.21. The first-order chi connectivity index (χ1) is 6.66. The molecule has 0 spiro atoms. The van der Waals surface area contributed by atoms with Gasteiger partial charge >= 0.3 is 0 Å². The van der Waals surface area contributed by atoms with Gasteiger partial charge in [-0.1, -0.05) is 0 Å². The van der Waals surface area contributed by atoms with Crippen LogP contribution in [0.5, 0.6) is 0 Å². The lowest BCUT2D eigenvalue weighted by Crippen LogP contribution is -2.36. The van der Waals surface area contributed by atoms with Gasteiger partial charge in [0.05, 0.1) is 5.01 Å². The molecule has 78 valence electrons. The van der Waals surface area contributed by atoms with Gasteiger partial charge in [0.1, 0.15) is 0 Å². The van der Waals surface area contributed by atoms with Crippen molar-refractivity contribution < 1.29 is 0 Å². The monoisotopic (exact) mass is 211 g/mol. The van der Waals surface area contributed by atoms with Crippen LogP contribution < -0.4 is 5.73 Å². The van der Waals surface area contributed by atoms with Crippen LogP contribution >= 0.6 is 11.3 Å². The van der Waals surface area contributed by atoms with Gasteiger partial charge in [0.2, 0.25) is 0 Å². The first-order valence-corrected chi connectivity index (χ1v) is 5.89. The summed E-state index contributed by atoms with van der Waals surface area (Å²) in [6.45, 7) is 6.40. The third-order valence-corrected chi connectivity index (χ3v) is 3.87. The van der Waals surface area contributed by atoms with Crippen LogP contribution in [0.15, 0.2) is 6.20 Å². The Labute approximate surface area is 88.9 Å². The minimum Gasteiger partial charge on any atom is -0.326 e. The highest BCUT2D eigenvalue weighted by atomic mass is 32.1. The molecule has 0 radical (unpaired) electrons. The molecule has 2 N–H and O–H groups in total. The molecule has 0 aromatic carbocycles. The molecule has 1 saturated heterocycles. The molecule has 14 heavy (non-hydrogen) atoms. The molecule has 0 saturated carbocycles. The standard InChI is InChI=1S/C10H17N3S/c1-7-10(11)3-4-13(7)6-9-5-12-8(2)14-9/h5,7,10H,3-4,6,11H2,1-2H3. The maximum Gasteiger partial charge on any atom is 0.0897 e. The Morgan fingerprint density at radius 1 is 1.71 bits per heavy atom. The van der Waals surface area contributed by atoms with Crippen molar-refractivity contribution in [3.05, 3.63) is 16.1 Å². The lowest BCUT2D eigenvalue weighted by Gasteiger charge is -2.21. The summed E-state index contributed by atoms with van der Waals surface area (Å²) in [7, 11) is 0. The summed E-state index contributed by atoms with van der Waals surface area (Å²) in [4.78, 5) is 8.06. The zero-order valence-electron chi connectivity index (χ0n) is 8.73. The molecule has 2 atom stereocenters. The Hall–Kier alpha value is -0.450. The Morgan fingerprint density at radius 3 is 3.00 bits per heavy atom. The van der Waals surface area contributed by atoms with E-state index in [1.807, 2.05) is 13.1 Å². The smallest absolute Gasteiger partial charge is 0.0897 e.